The Kier molecular flexibility index (Phi) is 4.48. The van der Waals surface area contributed by atoms with Crippen LogP contribution >= 0.6 is 0 Å². The maximum absolute atomic E-state index is 12.7. The van der Waals surface area contributed by atoms with E-state index in [1.807, 2.05) is 19.0 Å². The van der Waals surface area contributed by atoms with Crippen LogP contribution in [0, 0.1) is 0 Å². The number of carbonyl (C=O) groups excluding carboxylic acids is 1. The fourth-order valence-corrected chi connectivity index (χ4v) is 3.24. The first-order valence-corrected chi connectivity index (χ1v) is 7.23. The predicted octanol–water partition coefficient (Wildman–Crippen LogP) is 0.306. The molecule has 2 unspecified atom stereocenters. The van der Waals surface area contributed by atoms with Crippen molar-refractivity contribution >= 4 is 5.91 Å². The van der Waals surface area contributed by atoms with Gasteiger partial charge in [-0.05, 0) is 40.8 Å². The van der Waals surface area contributed by atoms with Gasteiger partial charge in [-0.2, -0.15) is 0 Å². The van der Waals surface area contributed by atoms with E-state index in [0.29, 0.717) is 6.54 Å². The number of ether oxygens (including phenoxy) is 1. The van der Waals surface area contributed by atoms with Crippen LogP contribution in [-0.2, 0) is 9.53 Å². The molecular weight excluding hydrogens is 242 g/mol. The summed E-state index contributed by atoms with van der Waals surface area (Å²) in [6.45, 7) is 7.47. The predicted molar refractivity (Wildman–Crippen MR) is 75.1 cm³/mol. The molecule has 2 heterocycles. The second-order valence-corrected chi connectivity index (χ2v) is 6.38. The lowest BCUT2D eigenvalue weighted by Crippen LogP contribution is -2.68. The molecule has 0 bridgehead atoms. The number of amides is 1. The van der Waals surface area contributed by atoms with Crippen LogP contribution in [0.1, 0.15) is 26.7 Å². The van der Waals surface area contributed by atoms with E-state index in [0.717, 1.165) is 32.5 Å². The van der Waals surface area contributed by atoms with Crippen molar-refractivity contribution in [3.8, 4) is 0 Å². The molecule has 0 radical (unpaired) electrons. The van der Waals surface area contributed by atoms with Gasteiger partial charge >= 0.3 is 0 Å². The van der Waals surface area contributed by atoms with Crippen LogP contribution in [0.2, 0.25) is 0 Å². The summed E-state index contributed by atoms with van der Waals surface area (Å²) in [6.07, 6.45) is 2.42. The van der Waals surface area contributed by atoms with Gasteiger partial charge in [-0.15, -0.1) is 0 Å². The molecule has 1 N–H and O–H groups in total. The van der Waals surface area contributed by atoms with Crippen molar-refractivity contribution in [1.29, 1.82) is 0 Å². The van der Waals surface area contributed by atoms with E-state index < -0.39 is 0 Å². The SMILES string of the molecule is CNCC1C(=O)N(CC2CCCO2)C(C)(C)CN1C. The van der Waals surface area contributed by atoms with E-state index >= 15 is 0 Å². The zero-order valence-electron chi connectivity index (χ0n) is 12.6. The summed E-state index contributed by atoms with van der Waals surface area (Å²) in [6, 6.07) is -0.0561. The third-order valence-corrected chi connectivity index (χ3v) is 4.26. The molecule has 2 aliphatic rings. The second-order valence-electron chi connectivity index (χ2n) is 6.38. The molecule has 0 aliphatic carbocycles. The van der Waals surface area contributed by atoms with Crippen LogP contribution < -0.4 is 5.32 Å². The van der Waals surface area contributed by atoms with Gasteiger partial charge in [0.25, 0.3) is 0 Å². The number of piperazine rings is 1. The van der Waals surface area contributed by atoms with Gasteiger partial charge in [-0.3, -0.25) is 9.69 Å². The highest BCUT2D eigenvalue weighted by atomic mass is 16.5. The Bertz CT molecular complexity index is 327. The average Bonchev–Trinajstić information content (AvgIpc) is 2.82. The number of nitrogens with zero attached hydrogens (tertiary/aromatic N) is 2. The standard InChI is InChI=1S/C14H27N3O2/c1-14(2)10-16(4)12(8-15-3)13(18)17(14)9-11-6-5-7-19-11/h11-12,15H,5-10H2,1-4H3. The summed E-state index contributed by atoms with van der Waals surface area (Å²) in [4.78, 5) is 16.9. The lowest BCUT2D eigenvalue weighted by Gasteiger charge is -2.50. The van der Waals surface area contributed by atoms with Crippen LogP contribution in [0.15, 0.2) is 0 Å². The summed E-state index contributed by atoms with van der Waals surface area (Å²) in [7, 11) is 3.93. The van der Waals surface area contributed by atoms with Crippen molar-refractivity contribution in [3.63, 3.8) is 0 Å². The van der Waals surface area contributed by atoms with Gasteiger partial charge in [0.15, 0.2) is 0 Å². The third kappa shape index (κ3) is 3.09. The van der Waals surface area contributed by atoms with Crippen molar-refractivity contribution in [2.45, 2.75) is 44.4 Å². The fourth-order valence-electron chi connectivity index (χ4n) is 3.24. The van der Waals surface area contributed by atoms with Gasteiger partial charge < -0.3 is 15.0 Å². The van der Waals surface area contributed by atoms with Gasteiger partial charge in [0.05, 0.1) is 11.6 Å². The number of nitrogens with one attached hydrogen (secondary N) is 1. The van der Waals surface area contributed by atoms with E-state index in [1.165, 1.54) is 0 Å². The Morgan fingerprint density at radius 2 is 2.21 bits per heavy atom. The van der Waals surface area contributed by atoms with Gasteiger partial charge in [-0.25, -0.2) is 0 Å². The van der Waals surface area contributed by atoms with Crippen LogP contribution in [0.25, 0.3) is 0 Å². The van der Waals surface area contributed by atoms with Crippen molar-refractivity contribution in [2.75, 3.05) is 40.3 Å². The zero-order valence-corrected chi connectivity index (χ0v) is 12.6. The molecule has 2 aliphatic heterocycles. The lowest BCUT2D eigenvalue weighted by molar-refractivity contribution is -0.152. The first kappa shape index (κ1) is 14.8. The Hall–Kier alpha value is -0.650. The van der Waals surface area contributed by atoms with Crippen molar-refractivity contribution in [2.24, 2.45) is 0 Å². The summed E-state index contributed by atoms with van der Waals surface area (Å²) < 4.78 is 5.70. The maximum Gasteiger partial charge on any atom is 0.241 e. The van der Waals surface area contributed by atoms with Crippen molar-refractivity contribution in [1.82, 2.24) is 15.1 Å². The van der Waals surface area contributed by atoms with E-state index in [-0.39, 0.29) is 23.6 Å². The summed E-state index contributed by atoms with van der Waals surface area (Å²) >= 11 is 0. The van der Waals surface area contributed by atoms with E-state index in [2.05, 4.69) is 24.1 Å². The number of hydrogen-bond acceptors (Lipinski definition) is 4. The highest BCUT2D eigenvalue weighted by Crippen LogP contribution is 2.26. The molecule has 0 aromatic heterocycles. The summed E-state index contributed by atoms with van der Waals surface area (Å²) in [5.74, 6) is 0.226. The van der Waals surface area contributed by atoms with Crippen molar-refractivity contribution in [3.05, 3.63) is 0 Å². The molecule has 2 saturated heterocycles. The quantitative estimate of drug-likeness (QED) is 0.797. The molecule has 5 heteroatoms. The summed E-state index contributed by atoms with van der Waals surface area (Å²) in [5, 5.41) is 3.12. The monoisotopic (exact) mass is 269 g/mol. The molecule has 0 aromatic rings. The normalized spacial score (nSPS) is 32.0. The molecule has 2 rings (SSSR count). The van der Waals surface area contributed by atoms with Crippen LogP contribution in [0.3, 0.4) is 0 Å². The second kappa shape index (κ2) is 5.77. The zero-order chi connectivity index (χ0) is 14.0. The first-order valence-electron chi connectivity index (χ1n) is 7.23. The molecule has 110 valence electrons. The topological polar surface area (TPSA) is 44.8 Å². The van der Waals surface area contributed by atoms with Crippen molar-refractivity contribution < 1.29 is 9.53 Å². The smallest absolute Gasteiger partial charge is 0.241 e. The molecule has 0 saturated carbocycles. The third-order valence-electron chi connectivity index (χ3n) is 4.26. The van der Waals surface area contributed by atoms with Gasteiger partial charge in [0, 0.05) is 26.2 Å². The van der Waals surface area contributed by atoms with Crippen LogP contribution in [0.5, 0.6) is 0 Å². The minimum absolute atomic E-state index is 0.0561. The minimum Gasteiger partial charge on any atom is -0.376 e. The summed E-state index contributed by atoms with van der Waals surface area (Å²) in [5.41, 5.74) is -0.123. The Balaban J connectivity index is 2.10. The number of hydrogen-bond donors (Lipinski definition) is 1. The molecule has 19 heavy (non-hydrogen) atoms. The number of rotatable bonds is 4. The van der Waals surface area contributed by atoms with E-state index in [1.54, 1.807) is 0 Å². The van der Waals surface area contributed by atoms with Gasteiger partial charge in [-0.1, -0.05) is 0 Å². The first-order chi connectivity index (χ1) is 8.95. The number of carbonyl (C=O) groups is 1. The highest BCUT2D eigenvalue weighted by molar-refractivity contribution is 5.84. The molecule has 1 amide bonds. The molecule has 2 fully saturated rings. The largest absolute Gasteiger partial charge is 0.376 e. The maximum atomic E-state index is 12.7. The van der Waals surface area contributed by atoms with E-state index in [9.17, 15) is 4.79 Å². The lowest BCUT2D eigenvalue weighted by atomic mass is 9.94. The van der Waals surface area contributed by atoms with Gasteiger partial charge in [0.2, 0.25) is 5.91 Å². The molecule has 5 nitrogen and oxygen atoms in total. The average molecular weight is 269 g/mol. The Morgan fingerprint density at radius 3 is 2.79 bits per heavy atom. The Labute approximate surface area is 116 Å². The molecule has 0 aromatic carbocycles. The minimum atomic E-state index is -0.123. The van der Waals surface area contributed by atoms with Gasteiger partial charge in [0.1, 0.15) is 6.04 Å². The molecule has 0 spiro atoms. The molecule has 2 atom stereocenters. The number of likely N-dealkylation sites (N-methyl/N-ethyl adjacent to an activating group) is 2. The molecular formula is C14H27N3O2. The highest BCUT2D eigenvalue weighted by Gasteiger charge is 2.43. The Morgan fingerprint density at radius 1 is 1.47 bits per heavy atom. The van der Waals surface area contributed by atoms with E-state index in [4.69, 9.17) is 4.74 Å². The van der Waals surface area contributed by atoms with Crippen LogP contribution in [-0.4, -0.2) is 73.7 Å². The van der Waals surface area contributed by atoms with Crippen LogP contribution in [0.4, 0.5) is 0 Å². The fraction of sp³-hybridized carbons (Fsp3) is 0.929.